The van der Waals surface area contributed by atoms with Crippen LogP contribution in [0.3, 0.4) is 0 Å². The van der Waals surface area contributed by atoms with Crippen molar-refractivity contribution in [2.75, 3.05) is 12.4 Å². The lowest BCUT2D eigenvalue weighted by atomic mass is 9.93. The molecule has 0 bridgehead atoms. The number of amidine groups is 1. The van der Waals surface area contributed by atoms with Crippen LogP contribution in [0.25, 0.3) is 0 Å². The fourth-order valence-electron chi connectivity index (χ4n) is 4.18. The minimum atomic E-state index is -0.407. The standard InChI is InChI=1S/C27H29N3O3S/c1-5-22-24(26(32)33-4)25(19-9-7-6-8-10-19)30-21(16-34-27(30)29-22)15-23(31)28-20-13-11-18(12-14-20)17(2)3/h6-14,16-17,25H,5,15H2,1-4H3,(H,28,31)/t25-/m1/s1. The van der Waals surface area contributed by atoms with E-state index in [4.69, 9.17) is 9.73 Å². The van der Waals surface area contributed by atoms with Gasteiger partial charge in [0.2, 0.25) is 5.91 Å². The Kier molecular flexibility index (Phi) is 7.22. The molecule has 0 saturated carbocycles. The van der Waals surface area contributed by atoms with Gasteiger partial charge in [0.1, 0.15) is 0 Å². The summed E-state index contributed by atoms with van der Waals surface area (Å²) < 4.78 is 5.15. The molecule has 6 nitrogen and oxygen atoms in total. The Bertz CT molecular complexity index is 1170. The summed E-state index contributed by atoms with van der Waals surface area (Å²) in [4.78, 5) is 32.6. The zero-order valence-corrected chi connectivity index (χ0v) is 20.7. The first-order chi connectivity index (χ1) is 16.4. The van der Waals surface area contributed by atoms with E-state index in [1.54, 1.807) is 0 Å². The van der Waals surface area contributed by atoms with Crippen molar-refractivity contribution >= 4 is 34.5 Å². The van der Waals surface area contributed by atoms with Crippen LogP contribution in [0.15, 0.2) is 82.0 Å². The van der Waals surface area contributed by atoms with E-state index in [-0.39, 0.29) is 12.3 Å². The molecule has 2 aromatic carbocycles. The van der Waals surface area contributed by atoms with Crippen LogP contribution in [-0.4, -0.2) is 29.1 Å². The van der Waals surface area contributed by atoms with E-state index in [9.17, 15) is 9.59 Å². The van der Waals surface area contributed by atoms with Gasteiger partial charge < -0.3 is 15.0 Å². The molecule has 7 heteroatoms. The molecule has 2 aromatic rings. The molecule has 0 aromatic heterocycles. The second-order valence-corrected chi connectivity index (χ2v) is 9.35. The first-order valence-corrected chi connectivity index (χ1v) is 12.3. The van der Waals surface area contributed by atoms with Crippen molar-refractivity contribution in [2.45, 2.75) is 45.6 Å². The number of nitrogens with zero attached hydrogens (tertiary/aromatic N) is 2. The zero-order valence-electron chi connectivity index (χ0n) is 19.9. The SMILES string of the molecule is CCC1=C(C(=O)OC)[C@@H](c2ccccc2)N2C(CC(=O)Nc3ccc(C(C)C)cc3)=CSC2=N1. The average molecular weight is 476 g/mol. The zero-order chi connectivity index (χ0) is 24.2. The number of anilines is 1. The largest absolute Gasteiger partial charge is 0.466 e. The van der Waals surface area contributed by atoms with Gasteiger partial charge in [-0.15, -0.1) is 0 Å². The highest BCUT2D eigenvalue weighted by molar-refractivity contribution is 8.16. The molecule has 34 heavy (non-hydrogen) atoms. The number of carbonyl (C=O) groups is 2. The predicted molar refractivity (Wildman–Crippen MR) is 137 cm³/mol. The number of hydrogen-bond acceptors (Lipinski definition) is 6. The third kappa shape index (κ3) is 4.80. The maximum atomic E-state index is 13.0. The highest BCUT2D eigenvalue weighted by atomic mass is 32.2. The van der Waals surface area contributed by atoms with Crippen molar-refractivity contribution in [3.63, 3.8) is 0 Å². The van der Waals surface area contributed by atoms with Gasteiger partial charge in [0, 0.05) is 11.4 Å². The van der Waals surface area contributed by atoms with Gasteiger partial charge in [-0.2, -0.15) is 0 Å². The number of esters is 1. The van der Waals surface area contributed by atoms with Gasteiger partial charge in [-0.1, -0.05) is 75.0 Å². The van der Waals surface area contributed by atoms with Crippen LogP contribution < -0.4 is 5.32 Å². The first kappa shape index (κ1) is 23.8. The monoisotopic (exact) mass is 475 g/mol. The third-order valence-electron chi connectivity index (χ3n) is 5.95. The Hall–Kier alpha value is -3.32. The molecule has 1 amide bonds. The predicted octanol–water partition coefficient (Wildman–Crippen LogP) is 5.98. The Labute approximate surface area is 204 Å². The number of carbonyl (C=O) groups excluding carboxylic acids is 2. The van der Waals surface area contributed by atoms with Crippen molar-refractivity contribution in [1.29, 1.82) is 0 Å². The van der Waals surface area contributed by atoms with Crippen molar-refractivity contribution in [1.82, 2.24) is 4.90 Å². The summed E-state index contributed by atoms with van der Waals surface area (Å²) in [7, 11) is 1.39. The summed E-state index contributed by atoms with van der Waals surface area (Å²) in [6, 6.07) is 17.3. The molecule has 0 spiro atoms. The van der Waals surface area contributed by atoms with E-state index in [1.807, 2.05) is 71.8 Å². The summed E-state index contributed by atoms with van der Waals surface area (Å²) in [5.41, 5.74) is 4.95. The number of aliphatic imine (C=N–C) groups is 1. The highest BCUT2D eigenvalue weighted by Crippen LogP contribution is 2.45. The maximum absolute atomic E-state index is 13.0. The molecule has 2 heterocycles. The van der Waals surface area contributed by atoms with Gasteiger partial charge >= 0.3 is 5.97 Å². The second kappa shape index (κ2) is 10.3. The summed E-state index contributed by atoms with van der Waals surface area (Å²) in [6.07, 6.45) is 0.769. The first-order valence-electron chi connectivity index (χ1n) is 11.4. The topological polar surface area (TPSA) is 71.0 Å². The van der Waals surface area contributed by atoms with Crippen LogP contribution in [0.2, 0.25) is 0 Å². The quantitative estimate of drug-likeness (QED) is 0.499. The van der Waals surface area contributed by atoms with Crippen molar-refractivity contribution in [3.8, 4) is 0 Å². The summed E-state index contributed by atoms with van der Waals surface area (Å²) >= 11 is 1.47. The van der Waals surface area contributed by atoms with E-state index >= 15 is 0 Å². The van der Waals surface area contributed by atoms with Crippen molar-refractivity contribution in [3.05, 3.63) is 88.1 Å². The average Bonchev–Trinajstić information content (AvgIpc) is 3.25. The number of allylic oxidation sites excluding steroid dienone is 1. The van der Waals surface area contributed by atoms with Crippen LogP contribution in [-0.2, 0) is 14.3 Å². The number of methoxy groups -OCH3 is 1. The normalized spacial score (nSPS) is 17.3. The number of ether oxygens (including phenoxy) is 1. The fourth-order valence-corrected chi connectivity index (χ4v) is 5.12. The third-order valence-corrected chi connectivity index (χ3v) is 6.84. The Morgan fingerprint density at radius 2 is 1.82 bits per heavy atom. The number of fused-ring (bicyclic) bond motifs is 1. The molecular weight excluding hydrogens is 446 g/mol. The van der Waals surface area contributed by atoms with E-state index in [2.05, 4.69) is 19.2 Å². The molecule has 0 fully saturated rings. The fraction of sp³-hybridized carbons (Fsp3) is 0.296. The minimum Gasteiger partial charge on any atom is -0.466 e. The van der Waals surface area contributed by atoms with Crippen LogP contribution >= 0.6 is 11.8 Å². The molecular formula is C27H29N3O3S. The molecule has 4 rings (SSSR count). The lowest BCUT2D eigenvalue weighted by molar-refractivity contribution is -0.136. The molecule has 2 aliphatic heterocycles. The summed E-state index contributed by atoms with van der Waals surface area (Å²) in [5, 5.41) is 5.71. The van der Waals surface area contributed by atoms with E-state index < -0.39 is 12.0 Å². The van der Waals surface area contributed by atoms with Crippen molar-refractivity contribution in [2.24, 2.45) is 4.99 Å². The lowest BCUT2D eigenvalue weighted by Crippen LogP contribution is -2.37. The number of benzene rings is 2. The maximum Gasteiger partial charge on any atom is 0.338 e. The molecule has 1 atom stereocenters. The van der Waals surface area contributed by atoms with Crippen LogP contribution in [0.4, 0.5) is 5.69 Å². The van der Waals surface area contributed by atoms with Crippen LogP contribution in [0.5, 0.6) is 0 Å². The van der Waals surface area contributed by atoms with Gasteiger partial charge in [0.15, 0.2) is 5.17 Å². The highest BCUT2D eigenvalue weighted by Gasteiger charge is 2.41. The van der Waals surface area contributed by atoms with E-state index in [1.165, 1.54) is 24.4 Å². The van der Waals surface area contributed by atoms with Crippen LogP contribution in [0, 0.1) is 0 Å². The molecule has 1 N–H and O–H groups in total. The Balaban J connectivity index is 1.61. The number of thioether (sulfide) groups is 1. The van der Waals surface area contributed by atoms with E-state index in [0.717, 1.165) is 22.1 Å². The second-order valence-electron chi connectivity index (χ2n) is 8.51. The van der Waals surface area contributed by atoms with Gasteiger partial charge in [-0.3, -0.25) is 4.79 Å². The van der Waals surface area contributed by atoms with E-state index in [0.29, 0.717) is 23.6 Å². The molecule has 0 radical (unpaired) electrons. The molecule has 0 aliphatic carbocycles. The molecule has 0 saturated heterocycles. The number of rotatable bonds is 7. The number of hydrogen-bond donors (Lipinski definition) is 1. The van der Waals surface area contributed by atoms with Gasteiger partial charge in [0.25, 0.3) is 0 Å². The van der Waals surface area contributed by atoms with Crippen LogP contribution in [0.1, 0.15) is 56.7 Å². The summed E-state index contributed by atoms with van der Waals surface area (Å²) in [6.45, 7) is 6.26. The Morgan fingerprint density at radius 3 is 2.44 bits per heavy atom. The minimum absolute atomic E-state index is 0.123. The van der Waals surface area contributed by atoms with Gasteiger partial charge in [0.05, 0.1) is 30.8 Å². The lowest BCUT2D eigenvalue weighted by Gasteiger charge is -2.36. The van der Waals surface area contributed by atoms with Gasteiger partial charge in [-0.25, -0.2) is 9.79 Å². The Morgan fingerprint density at radius 1 is 1.12 bits per heavy atom. The molecule has 0 unspecified atom stereocenters. The smallest absolute Gasteiger partial charge is 0.338 e. The van der Waals surface area contributed by atoms with Crippen molar-refractivity contribution < 1.29 is 14.3 Å². The number of nitrogens with one attached hydrogen (secondary N) is 1. The summed E-state index contributed by atoms with van der Waals surface area (Å²) in [5.74, 6) is -0.0937. The van der Waals surface area contributed by atoms with Gasteiger partial charge in [-0.05, 0) is 41.0 Å². The number of amides is 1. The molecule has 2 aliphatic rings. The molecule has 176 valence electrons.